The monoisotopic (exact) mass is 378 g/mol. The van der Waals surface area contributed by atoms with Gasteiger partial charge in [0.1, 0.15) is 17.1 Å². The standard InChI is InChI=1S/C14H15BN4O6S/c1-16-14-19-18-12(26-14)11(20)17-8-5-6-3-4-7(24-2)9(13(21)22)10(6)25-15(8)23/h3-4,8,23H,5H2,1-2H3,(H,16,19)(H,17,20)(H,21,22). The minimum absolute atomic E-state index is 0.0308. The fraction of sp³-hybridized carbons (Fsp3) is 0.286. The van der Waals surface area contributed by atoms with Crippen LogP contribution >= 0.6 is 11.3 Å². The van der Waals surface area contributed by atoms with Crippen molar-refractivity contribution in [3.63, 3.8) is 0 Å². The van der Waals surface area contributed by atoms with E-state index in [1.165, 1.54) is 13.2 Å². The molecule has 0 spiro atoms. The number of rotatable bonds is 5. The predicted molar refractivity (Wildman–Crippen MR) is 93.0 cm³/mol. The van der Waals surface area contributed by atoms with Crippen LogP contribution in [-0.2, 0) is 6.42 Å². The molecule has 1 unspecified atom stereocenters. The molecule has 12 heteroatoms. The number of carbonyl (C=O) groups excluding carboxylic acids is 1. The third-order valence-electron chi connectivity index (χ3n) is 3.81. The Morgan fingerprint density at radius 2 is 2.19 bits per heavy atom. The van der Waals surface area contributed by atoms with E-state index in [9.17, 15) is 19.7 Å². The van der Waals surface area contributed by atoms with Gasteiger partial charge < -0.3 is 30.2 Å². The molecule has 2 aromatic rings. The van der Waals surface area contributed by atoms with Crippen LogP contribution in [-0.4, -0.2) is 59.4 Å². The molecule has 4 N–H and O–H groups in total. The van der Waals surface area contributed by atoms with Crippen LogP contribution in [0, 0.1) is 0 Å². The number of aromatic carboxylic acids is 1. The number of aromatic nitrogens is 2. The zero-order valence-corrected chi connectivity index (χ0v) is 14.7. The van der Waals surface area contributed by atoms with E-state index in [2.05, 4.69) is 20.8 Å². The number of anilines is 1. The summed E-state index contributed by atoms with van der Waals surface area (Å²) >= 11 is 1.07. The summed E-state index contributed by atoms with van der Waals surface area (Å²) in [5.41, 5.74) is 0.364. The molecular weight excluding hydrogens is 363 g/mol. The quantitative estimate of drug-likeness (QED) is 0.530. The Bertz CT molecular complexity index is 860. The first kappa shape index (κ1) is 18.0. The number of carbonyl (C=O) groups is 2. The van der Waals surface area contributed by atoms with Crippen molar-refractivity contribution in [2.75, 3.05) is 19.5 Å². The Balaban J connectivity index is 1.83. The lowest BCUT2D eigenvalue weighted by molar-refractivity contribution is 0.0689. The summed E-state index contributed by atoms with van der Waals surface area (Å²) in [6.45, 7) is 0. The molecule has 1 amide bonds. The summed E-state index contributed by atoms with van der Waals surface area (Å²) in [7, 11) is 1.58. The largest absolute Gasteiger partial charge is 0.547 e. The van der Waals surface area contributed by atoms with Gasteiger partial charge in [-0.15, -0.1) is 10.2 Å². The molecule has 0 aliphatic carbocycles. The highest BCUT2D eigenvalue weighted by Gasteiger charge is 2.39. The smallest absolute Gasteiger partial charge is 0.534 e. The Kier molecular flexibility index (Phi) is 4.95. The second-order valence-corrected chi connectivity index (χ2v) is 6.37. The summed E-state index contributed by atoms with van der Waals surface area (Å²) in [4.78, 5) is 23.8. The molecule has 1 aliphatic heterocycles. The SMILES string of the molecule is CNc1nnc(C(=O)NC2Cc3ccc(OC)c(C(=O)O)c3OB2O)s1. The fourth-order valence-corrected chi connectivity index (χ4v) is 3.18. The van der Waals surface area contributed by atoms with E-state index in [1.54, 1.807) is 13.1 Å². The maximum atomic E-state index is 12.3. The van der Waals surface area contributed by atoms with Gasteiger partial charge >= 0.3 is 13.1 Å². The zero-order chi connectivity index (χ0) is 18.8. The molecule has 0 saturated carbocycles. The van der Waals surface area contributed by atoms with Gasteiger partial charge in [-0.05, 0) is 18.1 Å². The average molecular weight is 378 g/mol. The molecule has 1 atom stereocenters. The maximum Gasteiger partial charge on any atom is 0.547 e. The maximum absolute atomic E-state index is 12.3. The minimum Gasteiger partial charge on any atom is -0.534 e. The first-order valence-electron chi connectivity index (χ1n) is 7.54. The number of amides is 1. The number of nitrogens with zero attached hydrogens (tertiary/aromatic N) is 2. The van der Waals surface area contributed by atoms with Crippen LogP contribution in [0.2, 0.25) is 0 Å². The third-order valence-corrected chi connectivity index (χ3v) is 4.75. The molecule has 1 aromatic heterocycles. The van der Waals surface area contributed by atoms with Gasteiger partial charge in [0.25, 0.3) is 5.91 Å². The highest BCUT2D eigenvalue weighted by Crippen LogP contribution is 2.36. The normalized spacial score (nSPS) is 15.7. The van der Waals surface area contributed by atoms with E-state index < -0.39 is 24.9 Å². The van der Waals surface area contributed by atoms with E-state index in [1.807, 2.05) is 0 Å². The number of ether oxygens (including phenoxy) is 1. The number of methoxy groups -OCH3 is 1. The van der Waals surface area contributed by atoms with Crippen LogP contribution in [0.25, 0.3) is 0 Å². The second-order valence-electron chi connectivity index (χ2n) is 5.39. The number of fused-ring (bicyclic) bond motifs is 1. The number of nitrogens with one attached hydrogen (secondary N) is 2. The lowest BCUT2D eigenvalue weighted by Crippen LogP contribution is -2.53. The van der Waals surface area contributed by atoms with Crippen molar-refractivity contribution in [3.8, 4) is 11.5 Å². The van der Waals surface area contributed by atoms with E-state index in [4.69, 9.17) is 9.39 Å². The van der Waals surface area contributed by atoms with Crippen molar-refractivity contribution < 1.29 is 29.1 Å². The topological polar surface area (TPSA) is 143 Å². The van der Waals surface area contributed by atoms with Crippen molar-refractivity contribution in [1.29, 1.82) is 0 Å². The highest BCUT2D eigenvalue weighted by atomic mass is 32.1. The van der Waals surface area contributed by atoms with Crippen LogP contribution in [0.15, 0.2) is 12.1 Å². The predicted octanol–water partition coefficient (Wildman–Crippen LogP) is 0.0398. The molecule has 136 valence electrons. The van der Waals surface area contributed by atoms with Crippen molar-refractivity contribution >= 4 is 35.5 Å². The summed E-state index contributed by atoms with van der Waals surface area (Å²) in [5.74, 6) is -2.36. The molecule has 1 aromatic carbocycles. The van der Waals surface area contributed by atoms with Crippen LogP contribution in [0.5, 0.6) is 11.5 Å². The summed E-state index contributed by atoms with van der Waals surface area (Å²) < 4.78 is 10.4. The zero-order valence-electron chi connectivity index (χ0n) is 13.8. The molecule has 0 fully saturated rings. The molecule has 0 bridgehead atoms. The van der Waals surface area contributed by atoms with E-state index in [0.717, 1.165) is 11.3 Å². The minimum atomic E-state index is -1.42. The molecule has 0 saturated heterocycles. The van der Waals surface area contributed by atoms with Crippen molar-refractivity contribution in [2.24, 2.45) is 0 Å². The first-order valence-corrected chi connectivity index (χ1v) is 8.36. The van der Waals surface area contributed by atoms with Crippen LogP contribution in [0.1, 0.15) is 25.7 Å². The van der Waals surface area contributed by atoms with Gasteiger partial charge in [-0.3, -0.25) is 4.79 Å². The number of hydrogen-bond acceptors (Lipinski definition) is 9. The summed E-state index contributed by atoms with van der Waals surface area (Å²) in [6.07, 6.45) is 0.185. The van der Waals surface area contributed by atoms with Crippen molar-refractivity contribution in [3.05, 3.63) is 28.3 Å². The Morgan fingerprint density at radius 1 is 1.42 bits per heavy atom. The first-order chi connectivity index (χ1) is 12.4. The molecule has 3 rings (SSSR count). The van der Waals surface area contributed by atoms with Gasteiger partial charge in [-0.25, -0.2) is 4.79 Å². The highest BCUT2D eigenvalue weighted by molar-refractivity contribution is 7.17. The fourth-order valence-electron chi connectivity index (χ4n) is 2.58. The number of carboxylic acid groups (broad SMARTS) is 1. The van der Waals surface area contributed by atoms with Gasteiger partial charge in [0.15, 0.2) is 0 Å². The molecule has 0 radical (unpaired) electrons. The molecular formula is C14H15BN4O6S. The number of benzene rings is 1. The second kappa shape index (κ2) is 7.18. The van der Waals surface area contributed by atoms with Gasteiger partial charge in [0.2, 0.25) is 10.1 Å². The third kappa shape index (κ3) is 3.28. The Labute approximate surface area is 152 Å². The van der Waals surface area contributed by atoms with E-state index >= 15 is 0 Å². The van der Waals surface area contributed by atoms with Gasteiger partial charge in [0.05, 0.1) is 13.1 Å². The molecule has 10 nitrogen and oxygen atoms in total. The van der Waals surface area contributed by atoms with E-state index in [0.29, 0.717) is 10.7 Å². The van der Waals surface area contributed by atoms with Crippen molar-refractivity contribution in [2.45, 2.75) is 12.4 Å². The number of carboxylic acids is 1. The summed E-state index contributed by atoms with van der Waals surface area (Å²) in [5, 5.41) is 33.2. The summed E-state index contributed by atoms with van der Waals surface area (Å²) in [6, 6.07) is 3.14. The van der Waals surface area contributed by atoms with Crippen molar-refractivity contribution in [1.82, 2.24) is 15.5 Å². The van der Waals surface area contributed by atoms with Gasteiger partial charge in [0, 0.05) is 7.05 Å². The Morgan fingerprint density at radius 3 is 2.81 bits per heavy atom. The lowest BCUT2D eigenvalue weighted by atomic mass is 9.72. The number of hydrogen-bond donors (Lipinski definition) is 4. The van der Waals surface area contributed by atoms with Gasteiger partial charge in [-0.1, -0.05) is 17.4 Å². The lowest BCUT2D eigenvalue weighted by Gasteiger charge is -2.29. The van der Waals surface area contributed by atoms with Crippen LogP contribution in [0.3, 0.4) is 0 Å². The van der Waals surface area contributed by atoms with Crippen LogP contribution < -0.4 is 20.0 Å². The molecule has 2 heterocycles. The van der Waals surface area contributed by atoms with E-state index in [-0.39, 0.29) is 28.5 Å². The molecule has 1 aliphatic rings. The Hall–Kier alpha value is -2.86. The average Bonchev–Trinajstić information content (AvgIpc) is 3.10. The molecule has 26 heavy (non-hydrogen) atoms. The van der Waals surface area contributed by atoms with Gasteiger partial charge in [-0.2, -0.15) is 0 Å². The van der Waals surface area contributed by atoms with Crippen LogP contribution in [0.4, 0.5) is 5.13 Å².